The normalized spacial score (nSPS) is 23.1. The number of hydrogen-bond donors (Lipinski definition) is 1. The van der Waals surface area contributed by atoms with Crippen molar-refractivity contribution in [3.8, 4) is 6.07 Å². The Morgan fingerprint density at radius 3 is 2.44 bits per heavy atom. The Morgan fingerprint density at radius 1 is 1.28 bits per heavy atom. The first kappa shape index (κ1) is 12.8. The lowest BCUT2D eigenvalue weighted by Crippen LogP contribution is -2.39. The molecule has 1 saturated heterocycles. The van der Waals surface area contributed by atoms with Crippen molar-refractivity contribution in [2.75, 3.05) is 11.5 Å². The fourth-order valence-electron chi connectivity index (χ4n) is 1.90. The number of nitrogens with zero attached hydrogens (tertiary/aromatic N) is 1. The predicted molar refractivity (Wildman–Crippen MR) is 69.5 cm³/mol. The number of carbonyl (C=O) groups is 1. The lowest BCUT2D eigenvalue weighted by Gasteiger charge is -2.22. The zero-order valence-corrected chi connectivity index (χ0v) is 10.7. The van der Waals surface area contributed by atoms with E-state index in [4.69, 9.17) is 5.26 Å². The summed E-state index contributed by atoms with van der Waals surface area (Å²) in [6, 6.07) is 8.69. The molecule has 1 aliphatic heterocycles. The predicted octanol–water partition coefficient (Wildman–Crippen LogP) is 1.20. The minimum absolute atomic E-state index is 0.117. The fraction of sp³-hybridized carbons (Fsp3) is 0.385. The molecule has 1 amide bonds. The molecule has 2 rings (SSSR count). The summed E-state index contributed by atoms with van der Waals surface area (Å²) in [5.74, 6) is 1.20. The minimum atomic E-state index is -0.712. The van der Waals surface area contributed by atoms with E-state index >= 15 is 0 Å². The van der Waals surface area contributed by atoms with Gasteiger partial charge in [-0.15, -0.1) is 0 Å². The van der Waals surface area contributed by atoms with E-state index in [-0.39, 0.29) is 11.9 Å². The van der Waals surface area contributed by atoms with Crippen molar-refractivity contribution in [1.29, 1.82) is 5.26 Å². The van der Waals surface area contributed by atoms with Crippen LogP contribution in [0.2, 0.25) is 0 Å². The summed E-state index contributed by atoms with van der Waals surface area (Å²) in [6.07, 6.45) is 1.54. The molecule has 1 N–H and O–H groups in total. The van der Waals surface area contributed by atoms with Crippen LogP contribution in [0.15, 0.2) is 24.3 Å². The van der Waals surface area contributed by atoms with Gasteiger partial charge in [0.1, 0.15) is 0 Å². The van der Waals surface area contributed by atoms with E-state index < -0.39 is 10.8 Å². The Bertz CT molecular complexity index is 495. The lowest BCUT2D eigenvalue weighted by molar-refractivity contribution is 0.0934. The molecule has 1 aromatic rings. The van der Waals surface area contributed by atoms with Crippen LogP contribution in [-0.4, -0.2) is 27.7 Å². The highest BCUT2D eigenvalue weighted by Crippen LogP contribution is 2.10. The van der Waals surface area contributed by atoms with Crippen LogP contribution >= 0.6 is 0 Å². The second-order valence-corrected chi connectivity index (χ2v) is 5.98. The maximum absolute atomic E-state index is 11.9. The van der Waals surface area contributed by atoms with Crippen molar-refractivity contribution >= 4 is 16.7 Å². The van der Waals surface area contributed by atoms with Gasteiger partial charge in [0.05, 0.1) is 11.6 Å². The number of amides is 1. The SMILES string of the molecule is N#Cc1ccc(C(=O)NC2CCS(=O)CC2)cc1. The molecule has 94 valence electrons. The minimum Gasteiger partial charge on any atom is -0.349 e. The third kappa shape index (κ3) is 3.17. The first-order chi connectivity index (χ1) is 8.69. The third-order valence-corrected chi connectivity index (χ3v) is 4.38. The average Bonchev–Trinajstić information content (AvgIpc) is 2.41. The van der Waals surface area contributed by atoms with Crippen molar-refractivity contribution < 1.29 is 9.00 Å². The Morgan fingerprint density at radius 2 is 1.89 bits per heavy atom. The first-order valence-corrected chi connectivity index (χ1v) is 7.34. The van der Waals surface area contributed by atoms with E-state index in [1.165, 1.54) is 0 Å². The highest BCUT2D eigenvalue weighted by Gasteiger charge is 2.19. The molecule has 4 nitrogen and oxygen atoms in total. The highest BCUT2D eigenvalue weighted by molar-refractivity contribution is 7.85. The molecule has 1 heterocycles. The molecule has 0 saturated carbocycles. The van der Waals surface area contributed by atoms with Crippen molar-refractivity contribution in [3.05, 3.63) is 35.4 Å². The van der Waals surface area contributed by atoms with E-state index in [2.05, 4.69) is 5.32 Å². The summed E-state index contributed by atoms with van der Waals surface area (Å²) in [5, 5.41) is 11.6. The van der Waals surface area contributed by atoms with Gasteiger partial charge in [-0.25, -0.2) is 0 Å². The Kier molecular flexibility index (Phi) is 4.11. The molecule has 1 fully saturated rings. The van der Waals surface area contributed by atoms with Crippen LogP contribution < -0.4 is 5.32 Å². The van der Waals surface area contributed by atoms with E-state index in [1.54, 1.807) is 24.3 Å². The van der Waals surface area contributed by atoms with Gasteiger partial charge < -0.3 is 5.32 Å². The summed E-state index contributed by atoms with van der Waals surface area (Å²) in [7, 11) is -0.712. The number of benzene rings is 1. The number of carbonyl (C=O) groups excluding carboxylic acids is 1. The summed E-state index contributed by atoms with van der Waals surface area (Å²) in [5.41, 5.74) is 1.10. The van der Waals surface area contributed by atoms with E-state index in [1.807, 2.05) is 6.07 Å². The van der Waals surface area contributed by atoms with Crippen molar-refractivity contribution in [1.82, 2.24) is 5.32 Å². The highest BCUT2D eigenvalue weighted by atomic mass is 32.2. The Balaban J connectivity index is 1.95. The number of nitriles is 1. The fourth-order valence-corrected chi connectivity index (χ4v) is 3.20. The molecule has 18 heavy (non-hydrogen) atoms. The van der Waals surface area contributed by atoms with Gasteiger partial charge in [-0.2, -0.15) is 5.26 Å². The van der Waals surface area contributed by atoms with E-state index in [9.17, 15) is 9.00 Å². The number of rotatable bonds is 2. The van der Waals surface area contributed by atoms with Gasteiger partial charge >= 0.3 is 0 Å². The molecule has 0 spiro atoms. The topological polar surface area (TPSA) is 70.0 Å². The first-order valence-electron chi connectivity index (χ1n) is 5.85. The van der Waals surface area contributed by atoms with Gasteiger partial charge in [0.2, 0.25) is 0 Å². The van der Waals surface area contributed by atoms with E-state index in [0.29, 0.717) is 22.6 Å². The molecule has 0 bridgehead atoms. The van der Waals surface area contributed by atoms with Crippen LogP contribution in [0.5, 0.6) is 0 Å². The molecular weight excluding hydrogens is 248 g/mol. The molecule has 0 aliphatic carbocycles. The van der Waals surface area contributed by atoms with Crippen LogP contribution in [0.4, 0.5) is 0 Å². The standard InChI is InChI=1S/C13H14N2O2S/c14-9-10-1-3-11(4-2-10)13(16)15-12-5-7-18(17)8-6-12/h1-4,12H,5-8H2,(H,15,16). The van der Waals surface area contributed by atoms with Gasteiger partial charge in [-0.3, -0.25) is 9.00 Å². The maximum atomic E-state index is 11.9. The van der Waals surface area contributed by atoms with Crippen molar-refractivity contribution in [3.63, 3.8) is 0 Å². The zero-order chi connectivity index (χ0) is 13.0. The van der Waals surface area contributed by atoms with Gasteiger partial charge in [0, 0.05) is 33.9 Å². The van der Waals surface area contributed by atoms with Crippen LogP contribution in [-0.2, 0) is 10.8 Å². The second-order valence-electron chi connectivity index (χ2n) is 4.28. The zero-order valence-electron chi connectivity index (χ0n) is 9.89. The largest absolute Gasteiger partial charge is 0.349 e. The van der Waals surface area contributed by atoms with Gasteiger partial charge in [0.15, 0.2) is 0 Å². The molecule has 1 aliphatic rings. The van der Waals surface area contributed by atoms with Gasteiger partial charge in [-0.05, 0) is 37.1 Å². The quantitative estimate of drug-likeness (QED) is 0.870. The molecule has 0 atom stereocenters. The number of hydrogen-bond acceptors (Lipinski definition) is 3. The molecule has 1 aromatic carbocycles. The maximum Gasteiger partial charge on any atom is 0.251 e. The summed E-state index contributed by atoms with van der Waals surface area (Å²) < 4.78 is 11.2. The molecule has 0 unspecified atom stereocenters. The third-order valence-electron chi connectivity index (χ3n) is 3.00. The van der Waals surface area contributed by atoms with Crippen molar-refractivity contribution in [2.45, 2.75) is 18.9 Å². The Labute approximate surface area is 108 Å². The monoisotopic (exact) mass is 262 g/mol. The molecular formula is C13H14N2O2S. The van der Waals surface area contributed by atoms with Crippen LogP contribution in [0.1, 0.15) is 28.8 Å². The van der Waals surface area contributed by atoms with Gasteiger partial charge in [-0.1, -0.05) is 0 Å². The number of nitrogens with one attached hydrogen (secondary N) is 1. The summed E-state index contributed by atoms with van der Waals surface area (Å²) in [6.45, 7) is 0. The van der Waals surface area contributed by atoms with Crippen LogP contribution in [0.25, 0.3) is 0 Å². The van der Waals surface area contributed by atoms with Crippen LogP contribution in [0.3, 0.4) is 0 Å². The lowest BCUT2D eigenvalue weighted by atomic mass is 10.1. The molecule has 0 aromatic heterocycles. The molecule has 0 radical (unpaired) electrons. The smallest absolute Gasteiger partial charge is 0.251 e. The van der Waals surface area contributed by atoms with Gasteiger partial charge in [0.25, 0.3) is 5.91 Å². The second kappa shape index (κ2) is 5.78. The van der Waals surface area contributed by atoms with Crippen molar-refractivity contribution in [2.24, 2.45) is 0 Å². The summed E-state index contributed by atoms with van der Waals surface area (Å²) >= 11 is 0. The van der Waals surface area contributed by atoms with E-state index in [0.717, 1.165) is 12.8 Å². The average molecular weight is 262 g/mol. The Hall–Kier alpha value is -1.67. The van der Waals surface area contributed by atoms with Crippen LogP contribution in [0, 0.1) is 11.3 Å². The summed E-state index contributed by atoms with van der Waals surface area (Å²) in [4.78, 5) is 11.9. The molecule has 5 heteroatoms.